The number of rotatable bonds is 3. The van der Waals surface area contributed by atoms with E-state index < -0.39 is 17.5 Å². The number of hydrogen-bond donors (Lipinski definition) is 2. The Morgan fingerprint density at radius 3 is 1.76 bits per heavy atom. The molecule has 0 bridgehead atoms. The largest absolute Gasteiger partial charge is 0.330 e. The summed E-state index contributed by atoms with van der Waals surface area (Å²) in [6, 6.07) is 21.8. The molecule has 5 rings (SSSR count). The quantitative estimate of drug-likeness (QED) is 0.521. The number of para-hydroxylation sites is 1. The van der Waals surface area contributed by atoms with E-state index in [1.165, 1.54) is 5.01 Å². The first-order chi connectivity index (χ1) is 15.9. The second-order valence-corrected chi connectivity index (χ2v) is 8.97. The summed E-state index contributed by atoms with van der Waals surface area (Å²) in [5.41, 5.74) is 1.53. The normalized spacial score (nSPS) is 24.5. The number of nitrogens with one attached hydrogen (secondary N) is 2. The van der Waals surface area contributed by atoms with E-state index in [0.717, 1.165) is 11.1 Å². The van der Waals surface area contributed by atoms with E-state index in [0.29, 0.717) is 21.4 Å². The van der Waals surface area contributed by atoms with E-state index in [1.807, 2.05) is 61.5 Å². The number of halogens is 2. The number of nitrogens with zero attached hydrogens (tertiary/aromatic N) is 2. The smallest absolute Gasteiger partial charge is 0.315 e. The minimum Gasteiger partial charge on any atom is -0.330 e. The topological polar surface area (TPSA) is 73.8 Å². The van der Waals surface area contributed by atoms with Crippen molar-refractivity contribution in [3.05, 3.63) is 100 Å². The molecule has 1 fully saturated rings. The average Bonchev–Trinajstić information content (AvgIpc) is 3.08. The van der Waals surface area contributed by atoms with Gasteiger partial charge in [-0.15, -0.1) is 0 Å². The van der Waals surface area contributed by atoms with Crippen LogP contribution in [0.3, 0.4) is 0 Å². The molecule has 0 saturated carbocycles. The second-order valence-electron chi connectivity index (χ2n) is 8.09. The van der Waals surface area contributed by atoms with Gasteiger partial charge in [0.05, 0.1) is 23.5 Å². The maximum Gasteiger partial charge on any atom is 0.315 e. The van der Waals surface area contributed by atoms with Crippen molar-refractivity contribution >= 4 is 46.5 Å². The summed E-state index contributed by atoms with van der Waals surface area (Å²) in [6.45, 7) is 1.83. The van der Waals surface area contributed by atoms with Gasteiger partial charge < -0.3 is 10.6 Å². The van der Waals surface area contributed by atoms with Crippen LogP contribution < -0.4 is 15.6 Å². The van der Waals surface area contributed by atoms with E-state index >= 15 is 0 Å². The lowest BCUT2D eigenvalue weighted by Gasteiger charge is -2.46. The van der Waals surface area contributed by atoms with Gasteiger partial charge in [-0.05, 0) is 54.4 Å². The standard InChI is InChI=1S/C25H20Cl2N4O2/c1-15-25(23(32)31(30-15)20-5-3-2-4-6-20)21(16-7-11-18(26)12-8-16)28-24(33)29-22(25)17-9-13-19(27)14-10-17/h2-14,21-22H,1H3,(H2,28,29,33). The molecule has 1 spiro atoms. The fourth-order valence-electron chi connectivity index (χ4n) is 4.72. The number of amides is 3. The molecule has 8 heteroatoms. The maximum absolute atomic E-state index is 14.3. The van der Waals surface area contributed by atoms with Crippen LogP contribution in [0, 0.1) is 5.41 Å². The zero-order valence-corrected chi connectivity index (χ0v) is 19.1. The van der Waals surface area contributed by atoms with Crippen molar-refractivity contribution in [3.8, 4) is 0 Å². The molecule has 2 aliphatic heterocycles. The van der Waals surface area contributed by atoms with Crippen molar-refractivity contribution in [2.24, 2.45) is 10.5 Å². The van der Waals surface area contributed by atoms with Crippen molar-refractivity contribution < 1.29 is 9.59 Å². The molecule has 2 heterocycles. The van der Waals surface area contributed by atoms with Crippen LogP contribution in [0.15, 0.2) is 84.0 Å². The van der Waals surface area contributed by atoms with Crippen LogP contribution in [0.5, 0.6) is 0 Å². The van der Waals surface area contributed by atoms with Crippen molar-refractivity contribution in [1.29, 1.82) is 0 Å². The molecule has 2 N–H and O–H groups in total. The van der Waals surface area contributed by atoms with Gasteiger partial charge in [-0.25, -0.2) is 4.79 Å². The van der Waals surface area contributed by atoms with E-state index in [-0.39, 0.29) is 11.9 Å². The molecular weight excluding hydrogens is 459 g/mol. The monoisotopic (exact) mass is 478 g/mol. The third kappa shape index (κ3) is 3.46. The number of carbonyl (C=O) groups excluding carboxylic acids is 2. The number of carbonyl (C=O) groups is 2. The summed E-state index contributed by atoms with van der Waals surface area (Å²) in [5, 5.41) is 13.2. The first-order valence-electron chi connectivity index (χ1n) is 10.4. The Hall–Kier alpha value is -3.35. The summed E-state index contributed by atoms with van der Waals surface area (Å²) < 4.78 is 0. The maximum atomic E-state index is 14.3. The van der Waals surface area contributed by atoms with Crippen molar-refractivity contribution in [2.75, 3.05) is 5.01 Å². The van der Waals surface area contributed by atoms with Crippen LogP contribution in [0.4, 0.5) is 10.5 Å². The zero-order chi connectivity index (χ0) is 23.2. The predicted molar refractivity (Wildman–Crippen MR) is 130 cm³/mol. The molecule has 0 radical (unpaired) electrons. The number of hydrazone groups is 1. The molecule has 3 amide bonds. The highest BCUT2D eigenvalue weighted by Crippen LogP contribution is 2.52. The van der Waals surface area contributed by atoms with Crippen LogP contribution in [0.25, 0.3) is 0 Å². The molecule has 166 valence electrons. The average molecular weight is 479 g/mol. The molecule has 2 unspecified atom stereocenters. The molecule has 2 atom stereocenters. The lowest BCUT2D eigenvalue weighted by Crippen LogP contribution is -2.63. The first-order valence-corrected chi connectivity index (χ1v) is 11.2. The van der Waals surface area contributed by atoms with Gasteiger partial charge in [0.15, 0.2) is 0 Å². The third-order valence-electron chi connectivity index (χ3n) is 6.26. The third-order valence-corrected chi connectivity index (χ3v) is 6.77. The van der Waals surface area contributed by atoms with Gasteiger partial charge in [0.1, 0.15) is 5.41 Å². The molecule has 0 aliphatic carbocycles. The molecule has 2 aliphatic rings. The Morgan fingerprint density at radius 1 is 0.788 bits per heavy atom. The van der Waals surface area contributed by atoms with Crippen molar-refractivity contribution in [3.63, 3.8) is 0 Å². The molecular formula is C25H20Cl2N4O2. The molecule has 3 aromatic carbocycles. The van der Waals surface area contributed by atoms with Gasteiger partial charge in [0, 0.05) is 10.0 Å². The molecule has 3 aromatic rings. The fourth-order valence-corrected chi connectivity index (χ4v) is 4.97. The SMILES string of the molecule is CC1=NN(c2ccccc2)C(=O)C12C(c1ccc(Cl)cc1)NC(=O)NC2c1ccc(Cl)cc1. The van der Waals surface area contributed by atoms with Crippen LogP contribution in [0.2, 0.25) is 10.0 Å². The van der Waals surface area contributed by atoms with Gasteiger partial charge in [-0.2, -0.15) is 10.1 Å². The van der Waals surface area contributed by atoms with Crippen LogP contribution in [0.1, 0.15) is 30.1 Å². The summed E-state index contributed by atoms with van der Waals surface area (Å²) in [7, 11) is 0. The highest BCUT2D eigenvalue weighted by Gasteiger charge is 2.63. The zero-order valence-electron chi connectivity index (χ0n) is 17.6. The van der Waals surface area contributed by atoms with E-state index in [4.69, 9.17) is 23.2 Å². The van der Waals surface area contributed by atoms with Crippen LogP contribution in [-0.2, 0) is 4.79 Å². The minimum atomic E-state index is -1.22. The van der Waals surface area contributed by atoms with E-state index in [2.05, 4.69) is 15.7 Å². The van der Waals surface area contributed by atoms with Crippen molar-refractivity contribution in [2.45, 2.75) is 19.0 Å². The Labute approximate surface area is 201 Å². The molecule has 6 nitrogen and oxygen atoms in total. The van der Waals surface area contributed by atoms with Gasteiger partial charge in [0.25, 0.3) is 5.91 Å². The Morgan fingerprint density at radius 2 is 1.27 bits per heavy atom. The summed E-state index contributed by atoms with van der Waals surface area (Å²) in [5.74, 6) is -0.237. The van der Waals surface area contributed by atoms with Crippen molar-refractivity contribution in [1.82, 2.24) is 10.6 Å². The van der Waals surface area contributed by atoms with E-state index in [1.54, 1.807) is 24.3 Å². The fraction of sp³-hybridized carbons (Fsp3) is 0.160. The first kappa shape index (κ1) is 21.5. The summed E-state index contributed by atoms with van der Waals surface area (Å²) in [6.07, 6.45) is 0. The summed E-state index contributed by atoms with van der Waals surface area (Å²) >= 11 is 12.2. The molecule has 1 saturated heterocycles. The molecule has 33 heavy (non-hydrogen) atoms. The Kier molecular flexibility index (Phi) is 5.35. The van der Waals surface area contributed by atoms with Crippen LogP contribution in [-0.4, -0.2) is 17.6 Å². The van der Waals surface area contributed by atoms with E-state index in [9.17, 15) is 9.59 Å². The minimum absolute atomic E-state index is 0.237. The van der Waals surface area contributed by atoms with Gasteiger partial charge in [0.2, 0.25) is 0 Å². The molecule has 0 aromatic heterocycles. The predicted octanol–water partition coefficient (Wildman–Crippen LogP) is 5.50. The number of anilines is 1. The van der Waals surface area contributed by atoms with Gasteiger partial charge in [-0.3, -0.25) is 4.79 Å². The van der Waals surface area contributed by atoms with Gasteiger partial charge in [-0.1, -0.05) is 65.7 Å². The van der Waals surface area contributed by atoms with Crippen LogP contribution >= 0.6 is 23.2 Å². The highest BCUT2D eigenvalue weighted by molar-refractivity contribution is 6.31. The number of hydrogen-bond acceptors (Lipinski definition) is 3. The van der Waals surface area contributed by atoms with Gasteiger partial charge >= 0.3 is 6.03 Å². The number of benzene rings is 3. The number of urea groups is 1. The Balaban J connectivity index is 1.72. The summed E-state index contributed by atoms with van der Waals surface area (Å²) in [4.78, 5) is 27.1. The lowest BCUT2D eigenvalue weighted by atomic mass is 9.65. The second kappa shape index (κ2) is 8.21. The highest BCUT2D eigenvalue weighted by atomic mass is 35.5. The Bertz CT molecular complexity index is 1190. The lowest BCUT2D eigenvalue weighted by molar-refractivity contribution is -0.127.